The number of rotatable bonds is 5. The third kappa shape index (κ3) is 5.66. The Bertz CT molecular complexity index is 3510. The van der Waals surface area contributed by atoms with Gasteiger partial charge in [0.15, 0.2) is 17.5 Å². The van der Waals surface area contributed by atoms with Gasteiger partial charge in [-0.1, -0.05) is 176 Å². The van der Waals surface area contributed by atoms with Gasteiger partial charge in [-0.15, -0.1) is 11.3 Å². The Hall–Kier alpha value is -7.60. The number of fused-ring (bicyclic) bond motifs is 9. The van der Waals surface area contributed by atoms with Crippen LogP contribution in [0.15, 0.2) is 194 Å². The fraction of sp³-hybridized carbons (Fsp3) is 0. The molecule has 3 aromatic heterocycles. The first kappa shape index (κ1) is 33.5. The molecule has 4 nitrogen and oxygen atoms in total. The highest BCUT2D eigenvalue weighted by molar-refractivity contribution is 7.27. The summed E-state index contributed by atoms with van der Waals surface area (Å²) in [7, 11) is 0. The Morgan fingerprint density at radius 3 is 1.53 bits per heavy atom. The fourth-order valence-corrected chi connectivity index (χ4v) is 9.95. The van der Waals surface area contributed by atoms with Crippen LogP contribution in [-0.2, 0) is 0 Å². The fourth-order valence-electron chi connectivity index (χ4n) is 8.55. The van der Waals surface area contributed by atoms with Gasteiger partial charge >= 0.3 is 0 Å². The van der Waals surface area contributed by atoms with Crippen molar-refractivity contribution in [2.24, 2.45) is 0 Å². The number of benzene rings is 9. The minimum Gasteiger partial charge on any atom is -0.247 e. The zero-order chi connectivity index (χ0) is 38.9. The summed E-state index contributed by atoms with van der Waals surface area (Å²) >= 11 is 1.87. The van der Waals surface area contributed by atoms with Crippen molar-refractivity contribution in [3.63, 3.8) is 0 Å². The minimum absolute atomic E-state index is 0.638. The molecule has 0 saturated carbocycles. The van der Waals surface area contributed by atoms with Gasteiger partial charge in [0, 0.05) is 58.6 Å². The van der Waals surface area contributed by atoms with Crippen molar-refractivity contribution in [2.75, 3.05) is 0 Å². The molecule has 0 atom stereocenters. The van der Waals surface area contributed by atoms with Crippen LogP contribution in [0.1, 0.15) is 0 Å². The Morgan fingerprint density at radius 1 is 0.305 bits per heavy atom. The molecule has 0 saturated heterocycles. The van der Waals surface area contributed by atoms with Crippen LogP contribution in [0.5, 0.6) is 0 Å². The molecule has 0 amide bonds. The third-order valence-corrected chi connectivity index (χ3v) is 12.8. The Kier molecular flexibility index (Phi) is 7.68. The zero-order valence-electron chi connectivity index (χ0n) is 31.7. The van der Waals surface area contributed by atoms with Crippen LogP contribution in [-0.4, -0.2) is 19.9 Å². The van der Waals surface area contributed by atoms with E-state index in [4.69, 9.17) is 19.9 Å². The number of thiophene rings is 1. The van der Waals surface area contributed by atoms with Crippen LogP contribution < -0.4 is 0 Å². The van der Waals surface area contributed by atoms with Crippen molar-refractivity contribution in [2.45, 2.75) is 0 Å². The Balaban J connectivity index is 0.996. The molecule has 0 aliphatic heterocycles. The molecule has 59 heavy (non-hydrogen) atoms. The molecule has 0 radical (unpaired) electrons. The molecular formula is C54H32N4S. The normalized spacial score (nSPS) is 11.7. The van der Waals surface area contributed by atoms with Crippen LogP contribution in [0, 0.1) is 0 Å². The predicted molar refractivity (Wildman–Crippen MR) is 248 cm³/mol. The van der Waals surface area contributed by atoms with E-state index < -0.39 is 0 Å². The second-order valence-electron chi connectivity index (χ2n) is 15.0. The monoisotopic (exact) mass is 768 g/mol. The van der Waals surface area contributed by atoms with Gasteiger partial charge in [-0.2, -0.15) is 0 Å². The number of para-hydroxylation sites is 1. The second-order valence-corrected chi connectivity index (χ2v) is 16.0. The Morgan fingerprint density at radius 2 is 0.831 bits per heavy atom. The second kappa shape index (κ2) is 13.5. The molecule has 0 unspecified atom stereocenters. The third-order valence-electron chi connectivity index (χ3n) is 11.5. The maximum absolute atomic E-state index is 5.19. The van der Waals surface area contributed by atoms with Crippen LogP contribution in [0.25, 0.3) is 120 Å². The molecular weight excluding hydrogens is 737 g/mol. The van der Waals surface area contributed by atoms with Gasteiger partial charge in [0.1, 0.15) is 0 Å². The van der Waals surface area contributed by atoms with E-state index in [-0.39, 0.29) is 0 Å². The lowest BCUT2D eigenvalue weighted by atomic mass is 9.97. The van der Waals surface area contributed by atoms with Crippen LogP contribution in [0.4, 0.5) is 0 Å². The maximum atomic E-state index is 5.19. The molecule has 5 heteroatoms. The number of nitrogens with zero attached hydrogens (tertiary/aromatic N) is 4. The summed E-state index contributed by atoms with van der Waals surface area (Å²) in [5.74, 6) is 1.93. The van der Waals surface area contributed by atoms with Gasteiger partial charge in [0.05, 0.1) is 11.2 Å². The van der Waals surface area contributed by atoms with E-state index in [9.17, 15) is 0 Å². The van der Waals surface area contributed by atoms with Crippen molar-refractivity contribution in [3.8, 4) is 56.5 Å². The van der Waals surface area contributed by atoms with E-state index in [0.717, 1.165) is 49.8 Å². The van der Waals surface area contributed by atoms with Crippen molar-refractivity contribution in [1.82, 2.24) is 19.9 Å². The van der Waals surface area contributed by atoms with E-state index in [1.165, 1.54) is 52.7 Å². The molecule has 12 aromatic rings. The molecule has 274 valence electrons. The van der Waals surface area contributed by atoms with Gasteiger partial charge < -0.3 is 0 Å². The van der Waals surface area contributed by atoms with E-state index in [2.05, 4.69) is 194 Å². The maximum Gasteiger partial charge on any atom is 0.164 e. The van der Waals surface area contributed by atoms with E-state index in [0.29, 0.717) is 17.5 Å². The molecule has 0 aliphatic rings. The number of hydrogen-bond acceptors (Lipinski definition) is 5. The summed E-state index contributed by atoms with van der Waals surface area (Å²) in [5.41, 5.74) is 8.33. The molecule has 0 N–H and O–H groups in total. The van der Waals surface area contributed by atoms with Gasteiger partial charge in [-0.3, -0.25) is 0 Å². The average Bonchev–Trinajstić information content (AvgIpc) is 3.70. The standard InChI is InChI=1S/C54H32N4S/c1-2-13-36(14-3-1)49-46-30-29-44-43-19-10-18-42(50(43)59-51(44)48(46)45-17-8-9-20-47(45)55-49)35-23-25-37(26-24-35)52-56-53(40-27-21-33-11-4-6-15-38(33)31-40)58-54(57-52)41-28-22-34-12-5-7-16-39(34)32-41/h1-32H. The molecule has 3 heterocycles. The first-order valence-electron chi connectivity index (χ1n) is 19.8. The van der Waals surface area contributed by atoms with E-state index >= 15 is 0 Å². The largest absolute Gasteiger partial charge is 0.247 e. The van der Waals surface area contributed by atoms with Gasteiger partial charge in [-0.05, 0) is 50.9 Å². The summed E-state index contributed by atoms with van der Waals surface area (Å²) < 4.78 is 2.55. The van der Waals surface area contributed by atoms with E-state index in [1.54, 1.807) is 0 Å². The zero-order valence-corrected chi connectivity index (χ0v) is 32.5. The number of pyridine rings is 1. The molecule has 0 fully saturated rings. The molecule has 12 rings (SSSR count). The highest BCUT2D eigenvalue weighted by Crippen LogP contribution is 2.46. The summed E-state index contributed by atoms with van der Waals surface area (Å²) in [6.07, 6.45) is 0. The topological polar surface area (TPSA) is 51.6 Å². The molecule has 0 aliphatic carbocycles. The van der Waals surface area contributed by atoms with Crippen molar-refractivity contribution >= 4 is 74.7 Å². The summed E-state index contributed by atoms with van der Waals surface area (Å²) in [6, 6.07) is 68.6. The van der Waals surface area contributed by atoms with Crippen LogP contribution in [0.3, 0.4) is 0 Å². The minimum atomic E-state index is 0.638. The van der Waals surface area contributed by atoms with Crippen molar-refractivity contribution in [1.29, 1.82) is 0 Å². The lowest BCUT2D eigenvalue weighted by Crippen LogP contribution is -2.00. The SMILES string of the molecule is c1ccc(-c2nc3ccccc3c3c2ccc2c4cccc(-c5ccc(-c6nc(-c7ccc8ccccc8c7)nc(-c7ccc8ccccc8c7)n6)cc5)c4sc23)cc1. The van der Waals surface area contributed by atoms with Gasteiger partial charge in [0.25, 0.3) is 0 Å². The highest BCUT2D eigenvalue weighted by Gasteiger charge is 2.19. The molecule has 9 aromatic carbocycles. The van der Waals surface area contributed by atoms with Gasteiger partial charge in [-0.25, -0.2) is 19.9 Å². The lowest BCUT2D eigenvalue weighted by Gasteiger charge is -2.11. The van der Waals surface area contributed by atoms with Crippen LogP contribution in [0.2, 0.25) is 0 Å². The summed E-state index contributed by atoms with van der Waals surface area (Å²) in [5, 5.41) is 10.8. The van der Waals surface area contributed by atoms with Crippen molar-refractivity contribution in [3.05, 3.63) is 194 Å². The highest BCUT2D eigenvalue weighted by atomic mass is 32.1. The summed E-state index contributed by atoms with van der Waals surface area (Å²) in [6.45, 7) is 0. The Labute approximate surface area is 343 Å². The van der Waals surface area contributed by atoms with Crippen LogP contribution >= 0.6 is 11.3 Å². The molecule has 0 bridgehead atoms. The quantitative estimate of drug-likeness (QED) is 0.164. The number of aromatic nitrogens is 4. The molecule has 0 spiro atoms. The van der Waals surface area contributed by atoms with Gasteiger partial charge in [0.2, 0.25) is 0 Å². The first-order chi connectivity index (χ1) is 29.2. The number of hydrogen-bond donors (Lipinski definition) is 0. The first-order valence-corrected chi connectivity index (χ1v) is 20.6. The van der Waals surface area contributed by atoms with E-state index in [1.807, 2.05) is 11.3 Å². The van der Waals surface area contributed by atoms with Crippen molar-refractivity contribution < 1.29 is 0 Å². The summed E-state index contributed by atoms with van der Waals surface area (Å²) in [4.78, 5) is 20.5. The predicted octanol–water partition coefficient (Wildman–Crippen LogP) is 14.6. The average molecular weight is 769 g/mol. The smallest absolute Gasteiger partial charge is 0.164 e. The lowest BCUT2D eigenvalue weighted by molar-refractivity contribution is 1.08.